The average Bonchev–Trinajstić information content (AvgIpc) is 3.43. The second-order valence-corrected chi connectivity index (χ2v) is 6.75. The van der Waals surface area contributed by atoms with Crippen molar-refractivity contribution in [3.63, 3.8) is 0 Å². The Balaban J connectivity index is 1.59. The molecule has 2 unspecified atom stereocenters. The van der Waals surface area contributed by atoms with Gasteiger partial charge in [0.1, 0.15) is 30.7 Å². The zero-order valence-corrected chi connectivity index (χ0v) is 15.9. The Morgan fingerprint density at radius 2 is 2.07 bits per heavy atom. The summed E-state index contributed by atoms with van der Waals surface area (Å²) in [6, 6.07) is 0. The van der Waals surface area contributed by atoms with Crippen LogP contribution in [-0.4, -0.2) is 92.4 Å². The first-order chi connectivity index (χ1) is 14.0. The van der Waals surface area contributed by atoms with E-state index in [4.69, 9.17) is 18.9 Å². The number of fused-ring (bicyclic) bond motifs is 1. The Kier molecular flexibility index (Phi) is 5.38. The maximum atomic E-state index is 10.3. The predicted molar refractivity (Wildman–Crippen MR) is 97.6 cm³/mol. The number of imidazole rings is 1. The van der Waals surface area contributed by atoms with Gasteiger partial charge in [0.25, 0.3) is 5.79 Å². The summed E-state index contributed by atoms with van der Waals surface area (Å²) in [5.41, 5.74) is 0.814. The summed E-state index contributed by atoms with van der Waals surface area (Å²) in [5, 5.41) is 32.7. The van der Waals surface area contributed by atoms with E-state index in [1.165, 1.54) is 30.6 Å². The lowest BCUT2D eigenvalue weighted by atomic mass is 10.1. The third-order valence-electron chi connectivity index (χ3n) is 5.21. The topological polar surface area (TPSA) is 153 Å². The number of rotatable bonds is 7. The second kappa shape index (κ2) is 7.82. The molecule has 0 aliphatic carbocycles. The lowest BCUT2D eigenvalue weighted by Gasteiger charge is -2.32. The minimum Gasteiger partial charge on any atom is -0.465 e. The van der Waals surface area contributed by atoms with E-state index in [9.17, 15) is 15.3 Å². The maximum absolute atomic E-state index is 10.3. The van der Waals surface area contributed by atoms with Crippen molar-refractivity contribution >= 4 is 17.0 Å². The fourth-order valence-electron chi connectivity index (χ4n) is 3.56. The van der Waals surface area contributed by atoms with E-state index in [-0.39, 0.29) is 6.54 Å². The van der Waals surface area contributed by atoms with Crippen molar-refractivity contribution in [2.45, 2.75) is 36.4 Å². The van der Waals surface area contributed by atoms with Crippen molar-refractivity contribution < 1.29 is 34.3 Å². The summed E-state index contributed by atoms with van der Waals surface area (Å²) < 4.78 is 23.6. The van der Waals surface area contributed by atoms with Gasteiger partial charge in [-0.05, 0) is 6.08 Å². The molecule has 0 amide bonds. The highest BCUT2D eigenvalue weighted by Gasteiger charge is 2.45. The molecule has 4 heterocycles. The maximum Gasteiger partial charge on any atom is 0.256 e. The second-order valence-electron chi connectivity index (χ2n) is 6.75. The number of aliphatic hydroxyl groups excluding tert-OH is 3. The number of aliphatic hydroxyl groups is 3. The van der Waals surface area contributed by atoms with Crippen molar-refractivity contribution in [3.8, 4) is 0 Å². The van der Waals surface area contributed by atoms with Gasteiger partial charge in [-0.3, -0.25) is 4.57 Å². The van der Waals surface area contributed by atoms with Crippen LogP contribution in [0, 0.1) is 0 Å². The van der Waals surface area contributed by atoms with Gasteiger partial charge in [0.05, 0.1) is 25.7 Å². The molecule has 0 radical (unpaired) electrons. The number of hydrogen-bond donors (Lipinski definition) is 4. The highest BCUT2D eigenvalue weighted by Crippen LogP contribution is 2.33. The van der Waals surface area contributed by atoms with Crippen LogP contribution >= 0.6 is 0 Å². The third kappa shape index (κ3) is 3.23. The number of methoxy groups -OCH3 is 2. The van der Waals surface area contributed by atoms with E-state index in [0.717, 1.165) is 0 Å². The molecule has 0 saturated carbocycles. The number of hydrogen-bond acceptors (Lipinski definition) is 11. The van der Waals surface area contributed by atoms with Crippen LogP contribution in [0.5, 0.6) is 0 Å². The quantitative estimate of drug-likeness (QED) is 0.434. The van der Waals surface area contributed by atoms with Crippen LogP contribution in [0.15, 0.2) is 25.0 Å². The normalized spacial score (nSPS) is 34.0. The molecule has 1 saturated heterocycles. The number of nitrogens with zero attached hydrogens (tertiary/aromatic N) is 4. The minimum absolute atomic E-state index is 0.210. The Morgan fingerprint density at radius 3 is 2.76 bits per heavy atom. The first-order valence-electron chi connectivity index (χ1n) is 9.01. The lowest BCUT2D eigenvalue weighted by Crippen LogP contribution is -2.48. The van der Waals surface area contributed by atoms with Crippen LogP contribution in [0.25, 0.3) is 11.2 Å². The largest absolute Gasteiger partial charge is 0.465 e. The zero-order valence-electron chi connectivity index (χ0n) is 15.9. The van der Waals surface area contributed by atoms with Crippen molar-refractivity contribution in [2.24, 2.45) is 0 Å². The summed E-state index contributed by atoms with van der Waals surface area (Å²) in [7, 11) is 3.08. The average molecular weight is 409 g/mol. The molecule has 0 bridgehead atoms. The van der Waals surface area contributed by atoms with Crippen LogP contribution < -0.4 is 5.32 Å². The molecule has 4 N–H and O–H groups in total. The molecule has 158 valence electrons. The van der Waals surface area contributed by atoms with Gasteiger partial charge in [-0.15, -0.1) is 0 Å². The molecule has 2 aromatic heterocycles. The molecule has 0 spiro atoms. The van der Waals surface area contributed by atoms with E-state index in [1.54, 1.807) is 13.2 Å². The summed E-state index contributed by atoms with van der Waals surface area (Å²) >= 11 is 0. The predicted octanol–water partition coefficient (Wildman–Crippen LogP) is -1.25. The van der Waals surface area contributed by atoms with Gasteiger partial charge >= 0.3 is 0 Å². The Labute approximate surface area is 165 Å². The number of ether oxygens (including phenoxy) is 4. The van der Waals surface area contributed by atoms with Gasteiger partial charge in [-0.1, -0.05) is 0 Å². The lowest BCUT2D eigenvalue weighted by molar-refractivity contribution is -0.215. The van der Waals surface area contributed by atoms with E-state index < -0.39 is 43.0 Å². The Hall–Kier alpha value is -2.35. The fraction of sp³-hybridized carbons (Fsp3) is 0.588. The van der Waals surface area contributed by atoms with E-state index in [0.29, 0.717) is 17.0 Å². The number of nitrogens with one attached hydrogen (secondary N) is 1. The first-order valence-corrected chi connectivity index (χ1v) is 9.01. The van der Waals surface area contributed by atoms with E-state index in [2.05, 4.69) is 20.3 Å². The SMILES string of the molecule is COC1C=COC1(CNc1ncnc2c1ncn2[C@@H]1O[C@H](CO)[C@@H](O)[C@@H]1O)OC. The summed E-state index contributed by atoms with van der Waals surface area (Å²) in [5.74, 6) is -0.639. The van der Waals surface area contributed by atoms with Gasteiger partial charge in [-0.25, -0.2) is 15.0 Å². The van der Waals surface area contributed by atoms with E-state index in [1.807, 2.05) is 0 Å². The monoisotopic (exact) mass is 409 g/mol. The van der Waals surface area contributed by atoms with Crippen LogP contribution in [-0.2, 0) is 18.9 Å². The minimum atomic E-state index is -1.24. The summed E-state index contributed by atoms with van der Waals surface area (Å²) in [6.45, 7) is -0.210. The van der Waals surface area contributed by atoms with Gasteiger partial charge < -0.3 is 39.6 Å². The number of anilines is 1. The smallest absolute Gasteiger partial charge is 0.256 e. The van der Waals surface area contributed by atoms with Crippen molar-refractivity contribution in [1.29, 1.82) is 0 Å². The highest BCUT2D eigenvalue weighted by atomic mass is 16.7. The fourth-order valence-corrected chi connectivity index (χ4v) is 3.56. The molecule has 6 atom stereocenters. The van der Waals surface area contributed by atoms with Gasteiger partial charge in [0, 0.05) is 14.2 Å². The van der Waals surface area contributed by atoms with Crippen molar-refractivity contribution in [2.75, 3.05) is 32.7 Å². The van der Waals surface area contributed by atoms with Crippen LogP contribution in [0.4, 0.5) is 5.82 Å². The third-order valence-corrected chi connectivity index (χ3v) is 5.21. The van der Waals surface area contributed by atoms with Crippen molar-refractivity contribution in [3.05, 3.63) is 25.0 Å². The summed E-state index contributed by atoms with van der Waals surface area (Å²) in [4.78, 5) is 12.8. The zero-order chi connectivity index (χ0) is 20.6. The molecule has 2 aliphatic rings. The first kappa shape index (κ1) is 19.9. The van der Waals surface area contributed by atoms with Gasteiger partial charge in [0.15, 0.2) is 23.2 Å². The molecule has 0 aromatic carbocycles. The molecule has 12 heteroatoms. The molecule has 1 fully saturated rings. The molecule has 12 nitrogen and oxygen atoms in total. The van der Waals surface area contributed by atoms with E-state index >= 15 is 0 Å². The Morgan fingerprint density at radius 1 is 1.24 bits per heavy atom. The molecular weight excluding hydrogens is 386 g/mol. The Bertz CT molecular complexity index is 892. The molecular formula is C17H23N5O7. The molecule has 2 aromatic rings. The molecule has 29 heavy (non-hydrogen) atoms. The van der Waals surface area contributed by atoms with Crippen LogP contribution in [0.2, 0.25) is 0 Å². The molecule has 2 aliphatic heterocycles. The summed E-state index contributed by atoms with van der Waals surface area (Å²) in [6.07, 6.45) is 1.33. The number of aromatic nitrogens is 4. The van der Waals surface area contributed by atoms with Crippen molar-refractivity contribution in [1.82, 2.24) is 19.5 Å². The molecule has 4 rings (SSSR count). The highest BCUT2D eigenvalue weighted by molar-refractivity contribution is 5.82. The van der Waals surface area contributed by atoms with Gasteiger partial charge in [0.2, 0.25) is 0 Å². The van der Waals surface area contributed by atoms with Gasteiger partial charge in [-0.2, -0.15) is 0 Å². The van der Waals surface area contributed by atoms with Crippen LogP contribution in [0.1, 0.15) is 6.23 Å². The van der Waals surface area contributed by atoms with Crippen LogP contribution in [0.3, 0.4) is 0 Å². The standard InChI is InChI=1S/C17H23N5O7/c1-26-10-3-4-28-17(10,27-2)6-18-14-11-15(20-7-19-14)22(8-21-11)16-13(25)12(24)9(5-23)29-16/h3-4,7-10,12-13,16,23-25H,5-6H2,1-2H3,(H,18,19,20)/t9-,10?,12-,13+,16-,17?/m1/s1.